The highest BCUT2D eigenvalue weighted by molar-refractivity contribution is 5.86. The van der Waals surface area contributed by atoms with E-state index in [0.717, 1.165) is 11.3 Å². The lowest BCUT2D eigenvalue weighted by atomic mass is 10.00. The lowest BCUT2D eigenvalue weighted by Gasteiger charge is -2.21. The Morgan fingerprint density at radius 1 is 1.50 bits per heavy atom. The molecular weight excluding hydrogens is 230 g/mol. The van der Waals surface area contributed by atoms with Crippen molar-refractivity contribution in [3.63, 3.8) is 0 Å². The van der Waals surface area contributed by atoms with E-state index in [1.54, 1.807) is 11.8 Å². The molecule has 1 amide bonds. The van der Waals surface area contributed by atoms with Gasteiger partial charge in [-0.05, 0) is 19.4 Å². The predicted octanol–water partition coefficient (Wildman–Crippen LogP) is 1.15. The minimum atomic E-state index is -0.741. The van der Waals surface area contributed by atoms with Gasteiger partial charge >= 0.3 is 0 Å². The van der Waals surface area contributed by atoms with Crippen molar-refractivity contribution in [2.24, 2.45) is 0 Å². The monoisotopic (exact) mass is 247 g/mol. The molecule has 1 N–H and O–H groups in total. The zero-order valence-electron chi connectivity index (χ0n) is 10.4. The van der Waals surface area contributed by atoms with Gasteiger partial charge in [-0.3, -0.25) is 4.79 Å². The van der Waals surface area contributed by atoms with Crippen LogP contribution in [-0.4, -0.2) is 41.2 Å². The van der Waals surface area contributed by atoms with Crippen LogP contribution in [0.2, 0.25) is 0 Å². The van der Waals surface area contributed by atoms with E-state index >= 15 is 0 Å². The Morgan fingerprint density at radius 2 is 2.28 bits per heavy atom. The van der Waals surface area contributed by atoms with Gasteiger partial charge in [0.2, 0.25) is 5.91 Å². The standard InChI is InChI=1S/C14H17NO3/c1-14(17)6-7-15(9-14)13(16)11-8-18-12-5-3-2-4-10(11)12/h2-5,11,17H,6-9H2,1H3. The summed E-state index contributed by atoms with van der Waals surface area (Å²) in [5.41, 5.74) is 0.225. The molecule has 3 rings (SSSR count). The van der Waals surface area contributed by atoms with Gasteiger partial charge in [-0.2, -0.15) is 0 Å². The fraction of sp³-hybridized carbons (Fsp3) is 0.500. The fourth-order valence-electron chi connectivity index (χ4n) is 2.72. The molecule has 2 unspecified atom stereocenters. The number of hydrogen-bond donors (Lipinski definition) is 1. The zero-order chi connectivity index (χ0) is 12.8. The van der Waals surface area contributed by atoms with Crippen molar-refractivity contribution >= 4 is 5.91 Å². The maximum atomic E-state index is 12.4. The van der Waals surface area contributed by atoms with Gasteiger partial charge in [0.05, 0.1) is 5.60 Å². The van der Waals surface area contributed by atoms with Crippen LogP contribution in [-0.2, 0) is 4.79 Å². The number of likely N-dealkylation sites (tertiary alicyclic amines) is 1. The number of β-amino-alcohol motifs (C(OH)–C–C–N with tert-alkyl or cyclic N) is 1. The van der Waals surface area contributed by atoms with Crippen molar-refractivity contribution in [3.8, 4) is 5.75 Å². The molecule has 1 fully saturated rings. The molecule has 0 spiro atoms. The highest BCUT2D eigenvalue weighted by Crippen LogP contribution is 2.35. The zero-order valence-corrected chi connectivity index (χ0v) is 10.4. The van der Waals surface area contributed by atoms with E-state index in [2.05, 4.69) is 0 Å². The van der Waals surface area contributed by atoms with E-state index in [1.165, 1.54) is 0 Å². The van der Waals surface area contributed by atoms with Gasteiger partial charge in [-0.1, -0.05) is 18.2 Å². The van der Waals surface area contributed by atoms with E-state index in [4.69, 9.17) is 4.74 Å². The van der Waals surface area contributed by atoms with Crippen LogP contribution >= 0.6 is 0 Å². The molecule has 0 radical (unpaired) electrons. The van der Waals surface area contributed by atoms with Crippen molar-refractivity contribution in [3.05, 3.63) is 29.8 Å². The van der Waals surface area contributed by atoms with E-state index in [-0.39, 0.29) is 11.8 Å². The Morgan fingerprint density at radius 3 is 3.00 bits per heavy atom. The van der Waals surface area contributed by atoms with Crippen molar-refractivity contribution in [2.45, 2.75) is 24.9 Å². The summed E-state index contributed by atoms with van der Waals surface area (Å²) in [5.74, 6) is 0.662. The third kappa shape index (κ3) is 1.86. The average molecular weight is 247 g/mol. The first-order valence-corrected chi connectivity index (χ1v) is 6.30. The number of para-hydroxylation sites is 1. The van der Waals surface area contributed by atoms with Gasteiger partial charge in [0.1, 0.15) is 18.3 Å². The Hall–Kier alpha value is -1.55. The van der Waals surface area contributed by atoms with Gasteiger partial charge in [0, 0.05) is 18.7 Å². The Balaban J connectivity index is 1.79. The van der Waals surface area contributed by atoms with Crippen LogP contribution in [0.3, 0.4) is 0 Å². The van der Waals surface area contributed by atoms with Crippen LogP contribution in [0, 0.1) is 0 Å². The molecule has 2 aliphatic rings. The normalized spacial score (nSPS) is 30.1. The van der Waals surface area contributed by atoms with Gasteiger partial charge < -0.3 is 14.7 Å². The first-order chi connectivity index (χ1) is 8.57. The first kappa shape index (κ1) is 11.5. The van der Waals surface area contributed by atoms with Crippen LogP contribution in [0.5, 0.6) is 5.75 Å². The molecule has 2 aliphatic heterocycles. The molecule has 1 aromatic carbocycles. The molecule has 18 heavy (non-hydrogen) atoms. The van der Waals surface area contributed by atoms with E-state index in [1.807, 2.05) is 24.3 Å². The van der Waals surface area contributed by atoms with Crippen LogP contribution < -0.4 is 4.74 Å². The topological polar surface area (TPSA) is 49.8 Å². The molecule has 96 valence electrons. The summed E-state index contributed by atoms with van der Waals surface area (Å²) in [4.78, 5) is 14.2. The van der Waals surface area contributed by atoms with E-state index in [0.29, 0.717) is 26.1 Å². The van der Waals surface area contributed by atoms with Crippen molar-refractivity contribution in [2.75, 3.05) is 19.7 Å². The fourth-order valence-corrected chi connectivity index (χ4v) is 2.72. The SMILES string of the molecule is CC1(O)CCN(C(=O)C2COc3ccccc32)C1. The quantitative estimate of drug-likeness (QED) is 0.809. The molecule has 1 saturated heterocycles. The maximum absolute atomic E-state index is 12.4. The number of fused-ring (bicyclic) bond motifs is 1. The molecule has 0 saturated carbocycles. The molecule has 0 aliphatic carbocycles. The second-order valence-corrected chi connectivity index (χ2v) is 5.41. The van der Waals surface area contributed by atoms with E-state index in [9.17, 15) is 9.90 Å². The molecule has 1 aromatic rings. The maximum Gasteiger partial charge on any atom is 0.233 e. The van der Waals surface area contributed by atoms with Crippen molar-refractivity contribution < 1.29 is 14.6 Å². The minimum absolute atomic E-state index is 0.0673. The number of carbonyl (C=O) groups excluding carboxylic acids is 1. The number of rotatable bonds is 1. The molecule has 0 bridgehead atoms. The summed E-state index contributed by atoms with van der Waals surface area (Å²) in [7, 11) is 0. The van der Waals surface area contributed by atoms with Gasteiger partial charge in [-0.15, -0.1) is 0 Å². The molecular formula is C14H17NO3. The number of nitrogens with zero attached hydrogens (tertiary/aromatic N) is 1. The summed E-state index contributed by atoms with van der Waals surface area (Å²) in [6.07, 6.45) is 0.647. The van der Waals surface area contributed by atoms with Crippen LogP contribution in [0.1, 0.15) is 24.8 Å². The van der Waals surface area contributed by atoms with Crippen LogP contribution in [0.25, 0.3) is 0 Å². The number of ether oxygens (including phenoxy) is 1. The predicted molar refractivity (Wildman–Crippen MR) is 66.5 cm³/mol. The second kappa shape index (κ2) is 3.99. The number of amides is 1. The Labute approximate surface area is 106 Å². The minimum Gasteiger partial charge on any atom is -0.492 e. The van der Waals surface area contributed by atoms with Gasteiger partial charge in [0.15, 0.2) is 0 Å². The highest BCUT2D eigenvalue weighted by atomic mass is 16.5. The first-order valence-electron chi connectivity index (χ1n) is 6.30. The second-order valence-electron chi connectivity index (χ2n) is 5.41. The summed E-state index contributed by atoms with van der Waals surface area (Å²) in [6.45, 7) is 3.24. The Kier molecular flexibility index (Phi) is 2.55. The van der Waals surface area contributed by atoms with Crippen LogP contribution in [0.4, 0.5) is 0 Å². The summed E-state index contributed by atoms with van der Waals surface area (Å²) >= 11 is 0. The molecule has 2 atom stereocenters. The van der Waals surface area contributed by atoms with Crippen molar-refractivity contribution in [1.29, 1.82) is 0 Å². The van der Waals surface area contributed by atoms with Crippen molar-refractivity contribution in [1.82, 2.24) is 4.90 Å². The molecule has 4 nitrogen and oxygen atoms in total. The third-order valence-electron chi connectivity index (χ3n) is 3.76. The summed E-state index contributed by atoms with van der Waals surface area (Å²) in [6, 6.07) is 7.67. The molecule has 0 aromatic heterocycles. The van der Waals surface area contributed by atoms with E-state index < -0.39 is 5.60 Å². The summed E-state index contributed by atoms with van der Waals surface area (Å²) < 4.78 is 5.53. The Bertz CT molecular complexity index is 484. The molecule has 2 heterocycles. The lowest BCUT2D eigenvalue weighted by molar-refractivity contribution is -0.132. The summed E-state index contributed by atoms with van der Waals surface area (Å²) in [5, 5.41) is 9.93. The lowest BCUT2D eigenvalue weighted by Crippen LogP contribution is -2.37. The number of carbonyl (C=O) groups is 1. The van der Waals surface area contributed by atoms with Gasteiger partial charge in [0.25, 0.3) is 0 Å². The number of benzene rings is 1. The van der Waals surface area contributed by atoms with Crippen LogP contribution in [0.15, 0.2) is 24.3 Å². The third-order valence-corrected chi connectivity index (χ3v) is 3.76. The number of hydrogen-bond acceptors (Lipinski definition) is 3. The number of aliphatic hydroxyl groups is 1. The smallest absolute Gasteiger partial charge is 0.233 e. The average Bonchev–Trinajstić information content (AvgIpc) is 2.91. The highest BCUT2D eigenvalue weighted by Gasteiger charge is 2.39. The van der Waals surface area contributed by atoms with Gasteiger partial charge in [-0.25, -0.2) is 0 Å². The molecule has 4 heteroatoms. The largest absolute Gasteiger partial charge is 0.492 e.